The molecule has 0 bridgehead atoms. The second-order valence-corrected chi connectivity index (χ2v) is 8.40. The maximum atomic E-state index is 9.80. The lowest BCUT2D eigenvalue weighted by Crippen LogP contribution is -2.27. The number of aromatic hydroxyl groups is 2. The fourth-order valence-electron chi connectivity index (χ4n) is 4.26. The summed E-state index contributed by atoms with van der Waals surface area (Å²) >= 11 is 0. The van der Waals surface area contributed by atoms with Crippen LogP contribution in [0.2, 0.25) is 0 Å². The zero-order valence-electron chi connectivity index (χ0n) is 20.6. The number of phenolic OH excluding ortho intramolecular Hbond substituents is 2. The highest BCUT2D eigenvalue weighted by molar-refractivity contribution is 5.76. The van der Waals surface area contributed by atoms with Crippen LogP contribution in [0.15, 0.2) is 72.8 Å². The van der Waals surface area contributed by atoms with Gasteiger partial charge in [0.05, 0.1) is 17.1 Å². The van der Waals surface area contributed by atoms with Gasteiger partial charge in [-0.15, -0.1) is 0 Å². The minimum absolute atomic E-state index is 0.211. The number of likely N-dealkylation sites (N-methyl/N-ethyl adjacent to an activating group) is 1. The minimum Gasteiger partial charge on any atom is -0.508 e. The summed E-state index contributed by atoms with van der Waals surface area (Å²) in [5, 5.41) is 24.5. The number of benzene rings is 3. The summed E-state index contributed by atoms with van der Waals surface area (Å²) in [6.07, 6.45) is 0.783. The molecule has 0 saturated carbocycles. The molecule has 0 spiro atoms. The number of nitrogens with zero attached hydrogens (tertiary/aromatic N) is 3. The predicted molar refractivity (Wildman–Crippen MR) is 140 cm³/mol. The van der Waals surface area contributed by atoms with Crippen LogP contribution in [-0.4, -0.2) is 51.1 Å². The van der Waals surface area contributed by atoms with Gasteiger partial charge in [0.2, 0.25) is 0 Å². The Balaban J connectivity index is 1.72. The van der Waals surface area contributed by atoms with Gasteiger partial charge in [0.25, 0.3) is 0 Å². The van der Waals surface area contributed by atoms with Crippen molar-refractivity contribution in [2.75, 3.05) is 26.2 Å². The Morgan fingerprint density at radius 1 is 0.771 bits per heavy atom. The van der Waals surface area contributed by atoms with Crippen molar-refractivity contribution in [3.05, 3.63) is 78.4 Å². The molecule has 35 heavy (non-hydrogen) atoms. The molecule has 0 aliphatic rings. The van der Waals surface area contributed by atoms with Crippen molar-refractivity contribution in [3.8, 4) is 45.5 Å². The van der Waals surface area contributed by atoms with Crippen molar-refractivity contribution in [2.24, 2.45) is 0 Å². The normalized spacial score (nSPS) is 11.2. The van der Waals surface area contributed by atoms with Crippen LogP contribution in [0.3, 0.4) is 0 Å². The lowest BCUT2D eigenvalue weighted by Gasteiger charge is -2.18. The summed E-state index contributed by atoms with van der Waals surface area (Å²) in [5.41, 5.74) is 5.81. The van der Waals surface area contributed by atoms with E-state index in [4.69, 9.17) is 9.84 Å². The van der Waals surface area contributed by atoms with Crippen LogP contribution in [0, 0.1) is 0 Å². The molecular formula is C29H33N3O3. The molecule has 4 rings (SSSR count). The molecule has 3 aromatic carbocycles. The fraction of sp³-hybridized carbons (Fsp3) is 0.276. The zero-order chi connectivity index (χ0) is 24.8. The molecule has 182 valence electrons. The number of phenols is 2. The first kappa shape index (κ1) is 24.4. The number of hydrogen-bond donors (Lipinski definition) is 2. The predicted octanol–water partition coefficient (Wildman–Crippen LogP) is 5.90. The van der Waals surface area contributed by atoms with Gasteiger partial charge < -0.3 is 19.8 Å². The van der Waals surface area contributed by atoms with Crippen molar-refractivity contribution in [3.63, 3.8) is 0 Å². The average Bonchev–Trinajstić information content (AvgIpc) is 3.27. The van der Waals surface area contributed by atoms with Crippen LogP contribution >= 0.6 is 0 Å². The Morgan fingerprint density at radius 3 is 1.91 bits per heavy atom. The summed E-state index contributed by atoms with van der Waals surface area (Å²) in [7, 11) is 0. The molecule has 4 aromatic rings. The molecule has 0 radical (unpaired) electrons. The SMILES string of the molecule is CCc1c(-c2ccc(O)cc2)nn(-c2ccc(O)cc2)c1-c1ccc(OCCN(CC)CC)cc1. The van der Waals surface area contributed by atoms with Crippen LogP contribution < -0.4 is 4.74 Å². The van der Waals surface area contributed by atoms with Crippen LogP contribution in [0.4, 0.5) is 0 Å². The summed E-state index contributed by atoms with van der Waals surface area (Å²) in [5.74, 6) is 1.28. The third-order valence-electron chi connectivity index (χ3n) is 6.27. The quantitative estimate of drug-likeness (QED) is 0.301. The van der Waals surface area contributed by atoms with E-state index < -0.39 is 0 Å². The van der Waals surface area contributed by atoms with Gasteiger partial charge >= 0.3 is 0 Å². The lowest BCUT2D eigenvalue weighted by molar-refractivity contribution is 0.223. The molecule has 0 aliphatic heterocycles. The Labute approximate surface area is 207 Å². The highest BCUT2D eigenvalue weighted by atomic mass is 16.5. The van der Waals surface area contributed by atoms with E-state index in [1.54, 1.807) is 24.3 Å². The molecule has 1 aromatic heterocycles. The number of hydrogen-bond acceptors (Lipinski definition) is 5. The van der Waals surface area contributed by atoms with E-state index in [1.165, 1.54) is 0 Å². The maximum Gasteiger partial charge on any atom is 0.119 e. The Morgan fingerprint density at radius 2 is 1.34 bits per heavy atom. The van der Waals surface area contributed by atoms with E-state index in [2.05, 4.69) is 37.8 Å². The standard InChI is InChI=1S/C29H33N3O3/c1-4-27-28(21-7-13-24(33)14-8-21)30-32(23-11-15-25(34)16-12-23)29(27)22-9-17-26(18-10-22)35-20-19-31(5-2)6-3/h7-18,33-34H,4-6,19-20H2,1-3H3. The molecule has 0 aliphatic carbocycles. The third kappa shape index (κ3) is 5.49. The zero-order valence-corrected chi connectivity index (χ0v) is 20.6. The van der Waals surface area contributed by atoms with Gasteiger partial charge in [0.15, 0.2) is 0 Å². The van der Waals surface area contributed by atoms with Gasteiger partial charge in [-0.1, -0.05) is 20.8 Å². The van der Waals surface area contributed by atoms with Crippen LogP contribution in [0.1, 0.15) is 26.3 Å². The molecule has 6 nitrogen and oxygen atoms in total. The van der Waals surface area contributed by atoms with Gasteiger partial charge in [-0.2, -0.15) is 5.10 Å². The van der Waals surface area contributed by atoms with Crippen molar-refractivity contribution < 1.29 is 14.9 Å². The molecule has 1 heterocycles. The van der Waals surface area contributed by atoms with E-state index in [9.17, 15) is 10.2 Å². The Bertz CT molecular complexity index is 1230. The minimum atomic E-state index is 0.211. The van der Waals surface area contributed by atoms with Gasteiger partial charge in [0, 0.05) is 23.2 Å². The molecule has 6 heteroatoms. The van der Waals surface area contributed by atoms with E-state index in [0.717, 1.165) is 65.6 Å². The lowest BCUT2D eigenvalue weighted by atomic mass is 9.99. The Kier molecular flexibility index (Phi) is 7.73. The molecule has 0 atom stereocenters. The highest BCUT2D eigenvalue weighted by Gasteiger charge is 2.20. The van der Waals surface area contributed by atoms with Crippen LogP contribution in [0.25, 0.3) is 28.2 Å². The Hall–Kier alpha value is -3.77. The monoisotopic (exact) mass is 471 g/mol. The molecule has 0 unspecified atom stereocenters. The summed E-state index contributed by atoms with van der Waals surface area (Å²) < 4.78 is 7.91. The largest absolute Gasteiger partial charge is 0.508 e. The summed E-state index contributed by atoms with van der Waals surface area (Å²) in [4.78, 5) is 2.34. The van der Waals surface area contributed by atoms with Crippen molar-refractivity contribution >= 4 is 0 Å². The maximum absolute atomic E-state index is 9.80. The van der Waals surface area contributed by atoms with Crippen LogP contribution in [0.5, 0.6) is 17.2 Å². The first-order valence-corrected chi connectivity index (χ1v) is 12.2. The second kappa shape index (κ2) is 11.1. The first-order chi connectivity index (χ1) is 17.0. The molecule has 0 fully saturated rings. The van der Waals surface area contributed by atoms with Gasteiger partial charge in [-0.25, -0.2) is 4.68 Å². The second-order valence-electron chi connectivity index (χ2n) is 8.40. The molecule has 2 N–H and O–H groups in total. The summed E-state index contributed by atoms with van der Waals surface area (Å²) in [6.45, 7) is 10.0. The molecular weight excluding hydrogens is 438 g/mol. The average molecular weight is 472 g/mol. The van der Waals surface area contributed by atoms with Gasteiger partial charge in [-0.05, 0) is 92.3 Å². The van der Waals surface area contributed by atoms with Crippen LogP contribution in [-0.2, 0) is 6.42 Å². The smallest absolute Gasteiger partial charge is 0.119 e. The van der Waals surface area contributed by atoms with Crippen molar-refractivity contribution in [1.82, 2.24) is 14.7 Å². The van der Waals surface area contributed by atoms with Crippen molar-refractivity contribution in [1.29, 1.82) is 0 Å². The summed E-state index contributed by atoms with van der Waals surface area (Å²) in [6, 6.07) is 22.3. The molecule has 0 saturated heterocycles. The number of rotatable bonds is 10. The van der Waals surface area contributed by atoms with Gasteiger partial charge in [-0.3, -0.25) is 0 Å². The van der Waals surface area contributed by atoms with Gasteiger partial charge in [0.1, 0.15) is 23.9 Å². The highest BCUT2D eigenvalue weighted by Crippen LogP contribution is 2.36. The van der Waals surface area contributed by atoms with E-state index in [0.29, 0.717) is 6.61 Å². The third-order valence-corrected chi connectivity index (χ3v) is 6.27. The number of aromatic nitrogens is 2. The van der Waals surface area contributed by atoms with Crippen molar-refractivity contribution in [2.45, 2.75) is 27.2 Å². The van der Waals surface area contributed by atoms with E-state index in [-0.39, 0.29) is 11.5 Å². The molecule has 0 amide bonds. The van der Waals surface area contributed by atoms with E-state index in [1.807, 2.05) is 41.1 Å². The fourth-order valence-corrected chi connectivity index (χ4v) is 4.26. The number of ether oxygens (including phenoxy) is 1. The van der Waals surface area contributed by atoms with E-state index >= 15 is 0 Å². The first-order valence-electron chi connectivity index (χ1n) is 12.2. The topological polar surface area (TPSA) is 70.8 Å².